The number of hydrogen-bond donors (Lipinski definition) is 2. The van der Waals surface area contributed by atoms with E-state index in [0.29, 0.717) is 18.7 Å². The topological polar surface area (TPSA) is 126 Å². The van der Waals surface area contributed by atoms with Gasteiger partial charge in [-0.15, -0.1) is 0 Å². The zero-order valence-corrected chi connectivity index (χ0v) is 18.0. The van der Waals surface area contributed by atoms with Crippen molar-refractivity contribution < 1.29 is 23.9 Å². The number of esters is 2. The molecule has 0 radical (unpaired) electrons. The minimum absolute atomic E-state index is 0.0243. The summed E-state index contributed by atoms with van der Waals surface area (Å²) in [6, 6.07) is 14.0. The van der Waals surface area contributed by atoms with Crippen molar-refractivity contribution in [1.29, 1.82) is 5.41 Å². The standard InChI is InChI=1S/C23H26N4O5/c1-31-20(28)13-17(14-21(29)32-2)15-3-7-18(8-4-15)26-11-12-27(23(26)30)19-9-5-16(6-10-19)22(24)25/h3-10,17H,11-14H2,1-2H3,(H3,24,25). The van der Waals surface area contributed by atoms with Gasteiger partial charge >= 0.3 is 18.0 Å². The summed E-state index contributed by atoms with van der Waals surface area (Å²) in [4.78, 5) is 39.8. The molecule has 1 aliphatic heterocycles. The molecule has 3 N–H and O–H groups in total. The van der Waals surface area contributed by atoms with Crippen molar-refractivity contribution in [2.75, 3.05) is 37.1 Å². The maximum absolute atomic E-state index is 13.0. The Bertz CT molecular complexity index is 986. The highest BCUT2D eigenvalue weighted by molar-refractivity contribution is 6.06. The quantitative estimate of drug-likeness (QED) is 0.371. The molecule has 0 spiro atoms. The maximum atomic E-state index is 13.0. The summed E-state index contributed by atoms with van der Waals surface area (Å²) in [5, 5.41) is 7.48. The second-order valence-electron chi connectivity index (χ2n) is 7.40. The van der Waals surface area contributed by atoms with Gasteiger partial charge in [0, 0.05) is 35.9 Å². The number of nitrogen functional groups attached to an aromatic ring is 1. The van der Waals surface area contributed by atoms with Crippen LogP contribution in [-0.2, 0) is 19.1 Å². The number of ether oxygens (including phenoxy) is 2. The van der Waals surface area contributed by atoms with E-state index in [0.717, 1.165) is 16.9 Å². The molecule has 2 aromatic rings. The van der Waals surface area contributed by atoms with Crippen molar-refractivity contribution in [1.82, 2.24) is 0 Å². The highest BCUT2D eigenvalue weighted by atomic mass is 16.5. The number of urea groups is 1. The summed E-state index contributed by atoms with van der Waals surface area (Å²) in [7, 11) is 2.61. The number of anilines is 2. The second-order valence-corrected chi connectivity index (χ2v) is 7.40. The van der Waals surface area contributed by atoms with Crippen molar-refractivity contribution in [3.8, 4) is 0 Å². The van der Waals surface area contributed by atoms with Crippen molar-refractivity contribution in [2.45, 2.75) is 18.8 Å². The molecule has 9 heteroatoms. The first-order valence-corrected chi connectivity index (χ1v) is 10.1. The fourth-order valence-corrected chi connectivity index (χ4v) is 3.64. The van der Waals surface area contributed by atoms with E-state index in [1.54, 1.807) is 46.2 Å². The Morgan fingerprint density at radius 1 is 0.906 bits per heavy atom. The molecule has 0 saturated carbocycles. The zero-order valence-electron chi connectivity index (χ0n) is 18.0. The van der Waals surface area contributed by atoms with Crippen LogP contribution in [0, 0.1) is 5.41 Å². The molecule has 1 fully saturated rings. The molecule has 0 atom stereocenters. The summed E-state index contributed by atoms with van der Waals surface area (Å²) in [5.74, 6) is -1.23. The monoisotopic (exact) mass is 438 g/mol. The SMILES string of the molecule is COC(=O)CC(CC(=O)OC)c1ccc(N2CCN(c3ccc(C(=N)N)cc3)C2=O)cc1. The molecule has 0 unspecified atom stereocenters. The number of benzene rings is 2. The van der Waals surface area contributed by atoms with E-state index in [1.807, 2.05) is 12.1 Å². The smallest absolute Gasteiger partial charge is 0.329 e. The van der Waals surface area contributed by atoms with Gasteiger partial charge < -0.3 is 15.2 Å². The van der Waals surface area contributed by atoms with Crippen LogP contribution in [0.2, 0.25) is 0 Å². The summed E-state index contributed by atoms with van der Waals surface area (Å²) < 4.78 is 9.49. The number of amides is 2. The number of carbonyl (C=O) groups excluding carboxylic acids is 3. The Morgan fingerprint density at radius 2 is 1.34 bits per heavy atom. The molecule has 0 aliphatic carbocycles. The first kappa shape index (κ1) is 22.8. The Hall–Kier alpha value is -3.88. The summed E-state index contributed by atoms with van der Waals surface area (Å²) in [6.45, 7) is 1.04. The van der Waals surface area contributed by atoms with Gasteiger partial charge in [-0.1, -0.05) is 12.1 Å². The Balaban J connectivity index is 1.74. The molecule has 1 saturated heterocycles. The summed E-state index contributed by atoms with van der Waals surface area (Å²) >= 11 is 0. The number of carbonyl (C=O) groups is 3. The molecular formula is C23H26N4O5. The minimum Gasteiger partial charge on any atom is -0.469 e. The van der Waals surface area contributed by atoms with Crippen LogP contribution in [0.5, 0.6) is 0 Å². The molecule has 2 aromatic carbocycles. The molecule has 0 aromatic heterocycles. The predicted molar refractivity (Wildman–Crippen MR) is 120 cm³/mol. The molecule has 168 valence electrons. The molecule has 0 bridgehead atoms. The fraction of sp³-hybridized carbons (Fsp3) is 0.304. The highest BCUT2D eigenvalue weighted by Gasteiger charge is 2.31. The predicted octanol–water partition coefficient (Wildman–Crippen LogP) is 2.63. The molecule has 2 amide bonds. The van der Waals surface area contributed by atoms with E-state index in [-0.39, 0.29) is 30.6 Å². The Morgan fingerprint density at radius 3 is 1.75 bits per heavy atom. The fourth-order valence-electron chi connectivity index (χ4n) is 3.64. The third-order valence-corrected chi connectivity index (χ3v) is 5.46. The first-order valence-electron chi connectivity index (χ1n) is 10.1. The largest absolute Gasteiger partial charge is 0.469 e. The number of nitrogens with two attached hydrogens (primary N) is 1. The van der Waals surface area contributed by atoms with E-state index in [2.05, 4.69) is 0 Å². The van der Waals surface area contributed by atoms with Gasteiger partial charge in [-0.05, 0) is 42.0 Å². The lowest BCUT2D eigenvalue weighted by molar-refractivity contribution is -0.143. The van der Waals surface area contributed by atoms with E-state index >= 15 is 0 Å². The minimum atomic E-state index is -0.413. The van der Waals surface area contributed by atoms with Crippen molar-refractivity contribution in [2.24, 2.45) is 5.73 Å². The van der Waals surface area contributed by atoms with Gasteiger partial charge in [0.2, 0.25) is 0 Å². The van der Waals surface area contributed by atoms with Crippen LogP contribution in [0.15, 0.2) is 48.5 Å². The zero-order chi connectivity index (χ0) is 23.3. The lowest BCUT2D eigenvalue weighted by Gasteiger charge is -2.20. The van der Waals surface area contributed by atoms with Crippen LogP contribution >= 0.6 is 0 Å². The van der Waals surface area contributed by atoms with Crippen LogP contribution in [0.25, 0.3) is 0 Å². The molecule has 32 heavy (non-hydrogen) atoms. The molecule has 9 nitrogen and oxygen atoms in total. The number of amidine groups is 1. The van der Waals surface area contributed by atoms with Gasteiger partial charge in [-0.25, -0.2) is 4.79 Å². The van der Waals surface area contributed by atoms with Crippen LogP contribution in [0.3, 0.4) is 0 Å². The normalized spacial score (nSPS) is 13.4. The number of hydrogen-bond acceptors (Lipinski definition) is 6. The average molecular weight is 438 g/mol. The number of rotatable bonds is 8. The summed E-state index contributed by atoms with van der Waals surface area (Å²) in [6.07, 6.45) is 0.106. The van der Waals surface area contributed by atoms with Gasteiger partial charge in [0.15, 0.2) is 0 Å². The van der Waals surface area contributed by atoms with Crippen LogP contribution < -0.4 is 15.5 Å². The lowest BCUT2D eigenvalue weighted by Crippen LogP contribution is -2.31. The average Bonchev–Trinajstić information content (AvgIpc) is 3.19. The number of methoxy groups -OCH3 is 2. The highest BCUT2D eigenvalue weighted by Crippen LogP contribution is 2.29. The van der Waals surface area contributed by atoms with E-state index in [1.165, 1.54) is 14.2 Å². The molecular weight excluding hydrogens is 412 g/mol. The van der Waals surface area contributed by atoms with E-state index in [4.69, 9.17) is 20.6 Å². The van der Waals surface area contributed by atoms with Gasteiger partial charge in [0.05, 0.1) is 27.1 Å². The van der Waals surface area contributed by atoms with E-state index in [9.17, 15) is 14.4 Å². The van der Waals surface area contributed by atoms with Crippen LogP contribution in [-0.4, -0.2) is 51.1 Å². The van der Waals surface area contributed by atoms with E-state index < -0.39 is 11.9 Å². The third-order valence-electron chi connectivity index (χ3n) is 5.46. The summed E-state index contributed by atoms with van der Waals surface area (Å²) in [5.41, 5.74) is 8.32. The third kappa shape index (κ3) is 5.05. The second kappa shape index (κ2) is 9.95. The van der Waals surface area contributed by atoms with Gasteiger partial charge in [-0.2, -0.15) is 0 Å². The lowest BCUT2D eigenvalue weighted by atomic mass is 9.92. The van der Waals surface area contributed by atoms with Crippen molar-refractivity contribution in [3.63, 3.8) is 0 Å². The van der Waals surface area contributed by atoms with Gasteiger partial charge in [-0.3, -0.25) is 24.8 Å². The van der Waals surface area contributed by atoms with Gasteiger partial charge in [0.25, 0.3) is 0 Å². The molecule has 1 aliphatic rings. The maximum Gasteiger partial charge on any atom is 0.329 e. The number of nitrogens with one attached hydrogen (secondary N) is 1. The van der Waals surface area contributed by atoms with Crippen LogP contribution in [0.1, 0.15) is 29.9 Å². The Kier molecular flexibility index (Phi) is 7.09. The van der Waals surface area contributed by atoms with Crippen molar-refractivity contribution >= 4 is 35.2 Å². The first-order chi connectivity index (χ1) is 15.3. The van der Waals surface area contributed by atoms with Crippen molar-refractivity contribution in [3.05, 3.63) is 59.7 Å². The molecule has 1 heterocycles. The number of nitrogens with zero attached hydrogens (tertiary/aromatic N) is 2. The van der Waals surface area contributed by atoms with Gasteiger partial charge in [0.1, 0.15) is 5.84 Å². The molecule has 3 rings (SSSR count). The van der Waals surface area contributed by atoms with Crippen LogP contribution in [0.4, 0.5) is 16.2 Å². The Labute approximate surface area is 186 Å².